The van der Waals surface area contributed by atoms with Gasteiger partial charge in [0.1, 0.15) is 0 Å². The maximum Gasteiger partial charge on any atom is 0.498 e. The van der Waals surface area contributed by atoms with E-state index in [1.165, 1.54) is 0 Å². The minimum Gasteiger partial charge on any atom is -0.399 e. The minimum absolute atomic E-state index is 0.00292. The molecule has 1 saturated carbocycles. The van der Waals surface area contributed by atoms with Crippen molar-refractivity contribution >= 4 is 12.6 Å². The number of hydrogen-bond donors (Lipinski definition) is 0. The third kappa shape index (κ3) is 2.44. The molecule has 0 aromatic carbocycles. The van der Waals surface area contributed by atoms with Crippen LogP contribution in [0.2, 0.25) is 0 Å². The number of nitrogens with zero attached hydrogens (tertiary/aromatic N) is 4. The molecule has 0 radical (unpaired) electrons. The smallest absolute Gasteiger partial charge is 0.399 e. The predicted octanol–water partition coefficient (Wildman–Crippen LogP) is 2.03. The van der Waals surface area contributed by atoms with Gasteiger partial charge in [0.25, 0.3) is 0 Å². The van der Waals surface area contributed by atoms with Gasteiger partial charge in [0.15, 0.2) is 0 Å². The molecule has 0 amide bonds. The lowest BCUT2D eigenvalue weighted by atomic mass is 9.67. The normalized spacial score (nSPS) is 30.5. The quantitative estimate of drug-likeness (QED) is 0.794. The number of nitriles is 2. The summed E-state index contributed by atoms with van der Waals surface area (Å²) in [5.41, 5.74) is 0.553. The van der Waals surface area contributed by atoms with E-state index in [9.17, 15) is 5.26 Å². The molecule has 1 aromatic heterocycles. The summed E-state index contributed by atoms with van der Waals surface area (Å²) in [6.07, 6.45) is 3.62. The summed E-state index contributed by atoms with van der Waals surface area (Å²) in [6.45, 7) is 10.0. The second-order valence-electron chi connectivity index (χ2n) is 8.00. The molecule has 6 nitrogen and oxygen atoms in total. The highest BCUT2D eigenvalue weighted by atomic mass is 16.7. The van der Waals surface area contributed by atoms with Gasteiger partial charge in [0.05, 0.1) is 46.9 Å². The molecule has 1 aliphatic heterocycles. The van der Waals surface area contributed by atoms with E-state index in [2.05, 4.69) is 17.2 Å². The Morgan fingerprint density at radius 1 is 1.25 bits per heavy atom. The van der Waals surface area contributed by atoms with Gasteiger partial charge >= 0.3 is 7.12 Å². The van der Waals surface area contributed by atoms with Crippen LogP contribution in [0.5, 0.6) is 0 Å². The zero-order valence-electron chi connectivity index (χ0n) is 15.0. The maximum atomic E-state index is 9.19. The molecule has 2 heterocycles. The van der Waals surface area contributed by atoms with Crippen molar-refractivity contribution < 1.29 is 9.31 Å². The van der Waals surface area contributed by atoms with Crippen molar-refractivity contribution in [2.45, 2.75) is 70.6 Å². The summed E-state index contributed by atoms with van der Waals surface area (Å²) in [4.78, 5) is 0. The number of aromatic nitrogens is 2. The van der Waals surface area contributed by atoms with Crippen molar-refractivity contribution in [3.8, 4) is 12.1 Å². The molecule has 1 aliphatic carbocycles. The summed E-state index contributed by atoms with van der Waals surface area (Å²) in [7, 11) is -0.463. The Morgan fingerprint density at radius 3 is 2.33 bits per heavy atom. The molecular weight excluding hydrogens is 303 g/mol. The monoisotopic (exact) mass is 326 g/mol. The molecule has 1 saturated heterocycles. The minimum atomic E-state index is -0.463. The van der Waals surface area contributed by atoms with Crippen LogP contribution in [0.15, 0.2) is 6.20 Å². The van der Waals surface area contributed by atoms with Gasteiger partial charge in [0.2, 0.25) is 0 Å². The number of hydrogen-bond acceptors (Lipinski definition) is 5. The number of rotatable bonds is 3. The Balaban J connectivity index is 1.89. The average molecular weight is 326 g/mol. The van der Waals surface area contributed by atoms with E-state index in [-0.39, 0.29) is 11.5 Å². The van der Waals surface area contributed by atoms with Crippen LogP contribution in [0.3, 0.4) is 0 Å². The largest absolute Gasteiger partial charge is 0.498 e. The van der Waals surface area contributed by atoms with Crippen LogP contribution in [-0.2, 0) is 14.8 Å². The van der Waals surface area contributed by atoms with E-state index in [4.69, 9.17) is 14.6 Å². The van der Waals surface area contributed by atoms with Gasteiger partial charge in [-0.2, -0.15) is 15.6 Å². The van der Waals surface area contributed by atoms with Gasteiger partial charge < -0.3 is 9.31 Å². The maximum absolute atomic E-state index is 9.19. The Morgan fingerprint density at radius 2 is 1.83 bits per heavy atom. The summed E-state index contributed by atoms with van der Waals surface area (Å²) < 4.78 is 14.1. The van der Waals surface area contributed by atoms with Crippen molar-refractivity contribution in [2.75, 3.05) is 0 Å². The summed E-state index contributed by atoms with van der Waals surface area (Å²) in [6, 6.07) is 4.53. The third-order valence-electron chi connectivity index (χ3n) is 5.77. The molecule has 7 heteroatoms. The predicted molar refractivity (Wildman–Crippen MR) is 89.2 cm³/mol. The van der Waals surface area contributed by atoms with Crippen molar-refractivity contribution in [2.24, 2.45) is 5.92 Å². The topological polar surface area (TPSA) is 83.9 Å². The van der Waals surface area contributed by atoms with Crippen LogP contribution in [0, 0.1) is 35.5 Å². The summed E-state index contributed by atoms with van der Waals surface area (Å²) >= 11 is 0. The lowest BCUT2D eigenvalue weighted by Crippen LogP contribution is -2.46. The first-order valence-corrected chi connectivity index (χ1v) is 8.33. The Labute approximate surface area is 143 Å². The van der Waals surface area contributed by atoms with Gasteiger partial charge in [-0.3, -0.25) is 4.68 Å². The fraction of sp³-hybridized carbons (Fsp3) is 0.706. The molecule has 2 aliphatic rings. The zero-order valence-corrected chi connectivity index (χ0v) is 15.0. The van der Waals surface area contributed by atoms with E-state index in [0.717, 1.165) is 11.2 Å². The van der Waals surface area contributed by atoms with Gasteiger partial charge in [-0.15, -0.1) is 0 Å². The Bertz CT molecular complexity index is 719. The second-order valence-corrected chi connectivity index (χ2v) is 8.00. The molecule has 0 bridgehead atoms. The van der Waals surface area contributed by atoms with Gasteiger partial charge in [-0.05, 0) is 47.5 Å². The van der Waals surface area contributed by atoms with Crippen LogP contribution < -0.4 is 5.46 Å². The van der Waals surface area contributed by atoms with Crippen molar-refractivity contribution in [1.29, 1.82) is 10.5 Å². The first-order valence-electron chi connectivity index (χ1n) is 8.33. The molecule has 126 valence electrons. The Hall–Kier alpha value is -1.83. The molecule has 0 N–H and O–H groups in total. The summed E-state index contributed by atoms with van der Waals surface area (Å²) in [5.74, 6) is 0.00292. The SMILES string of the molecule is Cc1nn(C2(CC#N)CC(C#N)C2)cc1B1OC(C)(C)C(C)(C)O1. The highest BCUT2D eigenvalue weighted by molar-refractivity contribution is 6.62. The van der Waals surface area contributed by atoms with Crippen molar-refractivity contribution in [3.63, 3.8) is 0 Å². The summed E-state index contributed by atoms with van der Waals surface area (Å²) in [5, 5.41) is 22.9. The lowest BCUT2D eigenvalue weighted by molar-refractivity contribution is 0.00578. The number of aryl methyl sites for hydroxylation is 1. The van der Waals surface area contributed by atoms with Crippen LogP contribution >= 0.6 is 0 Å². The van der Waals surface area contributed by atoms with Crippen LogP contribution in [0.25, 0.3) is 0 Å². The van der Waals surface area contributed by atoms with Crippen LogP contribution in [0.4, 0.5) is 0 Å². The molecule has 0 spiro atoms. The van der Waals surface area contributed by atoms with E-state index in [0.29, 0.717) is 19.3 Å². The van der Waals surface area contributed by atoms with Crippen molar-refractivity contribution in [3.05, 3.63) is 11.9 Å². The van der Waals surface area contributed by atoms with Gasteiger partial charge in [-0.25, -0.2) is 0 Å². The van der Waals surface area contributed by atoms with E-state index in [1.54, 1.807) is 0 Å². The van der Waals surface area contributed by atoms with Gasteiger partial charge in [-0.1, -0.05) is 0 Å². The highest BCUT2D eigenvalue weighted by Crippen LogP contribution is 2.45. The van der Waals surface area contributed by atoms with Gasteiger partial charge in [0, 0.05) is 11.7 Å². The fourth-order valence-corrected chi connectivity index (χ4v) is 3.43. The molecular formula is C17H23BN4O2. The first kappa shape index (κ1) is 17.0. The standard InChI is InChI=1S/C17H23BN4O2/c1-12-14(18-23-15(2,3)16(4,5)24-18)11-22(21-12)17(6-7-19)8-13(9-17)10-20/h11,13H,6,8-9H2,1-5H3. The van der Waals surface area contributed by atoms with Crippen LogP contribution in [0.1, 0.15) is 52.7 Å². The van der Waals surface area contributed by atoms with E-state index < -0.39 is 18.3 Å². The average Bonchev–Trinajstić information content (AvgIpc) is 2.92. The molecule has 24 heavy (non-hydrogen) atoms. The molecule has 2 fully saturated rings. The molecule has 0 atom stereocenters. The van der Waals surface area contributed by atoms with Crippen molar-refractivity contribution in [1.82, 2.24) is 9.78 Å². The van der Waals surface area contributed by atoms with Crippen LogP contribution in [-0.4, -0.2) is 28.1 Å². The third-order valence-corrected chi connectivity index (χ3v) is 5.77. The molecule has 3 rings (SSSR count). The highest BCUT2D eigenvalue weighted by Gasteiger charge is 2.53. The fourth-order valence-electron chi connectivity index (χ4n) is 3.43. The Kier molecular flexibility index (Phi) is 3.79. The second kappa shape index (κ2) is 5.34. The zero-order chi connectivity index (χ0) is 17.8. The van der Waals surface area contributed by atoms with E-state index in [1.807, 2.05) is 45.5 Å². The first-order chi connectivity index (χ1) is 11.1. The van der Waals surface area contributed by atoms with E-state index >= 15 is 0 Å². The molecule has 1 aromatic rings. The molecule has 0 unspecified atom stereocenters. The lowest BCUT2D eigenvalue weighted by Gasteiger charge is -2.43.